The van der Waals surface area contributed by atoms with E-state index in [4.69, 9.17) is 0 Å². The van der Waals surface area contributed by atoms with Crippen LogP contribution >= 0.6 is 0 Å². The molecule has 1 rings (SSSR count). The third-order valence-electron chi connectivity index (χ3n) is 2.34. The third kappa shape index (κ3) is 3.89. The molecule has 0 fully saturated rings. The fraction of sp³-hybridized carbons (Fsp3) is 0.357. The molecule has 16 heavy (non-hydrogen) atoms. The van der Waals surface area contributed by atoms with E-state index in [1.807, 2.05) is 6.08 Å². The third-order valence-corrected chi connectivity index (χ3v) is 2.34. The lowest BCUT2D eigenvalue weighted by molar-refractivity contribution is -0.118. The quantitative estimate of drug-likeness (QED) is 0.810. The van der Waals surface area contributed by atoms with Crippen LogP contribution in [0.3, 0.4) is 0 Å². The number of amides is 1. The van der Waals surface area contributed by atoms with E-state index in [-0.39, 0.29) is 11.3 Å². The predicted octanol–water partition coefficient (Wildman–Crippen LogP) is 3.09. The second kappa shape index (κ2) is 4.97. The zero-order valence-corrected chi connectivity index (χ0v) is 10.4. The average molecular weight is 217 g/mol. The molecule has 0 spiro atoms. The Morgan fingerprint density at radius 3 is 2.19 bits per heavy atom. The second-order valence-corrected chi connectivity index (χ2v) is 4.91. The fourth-order valence-corrected chi connectivity index (χ4v) is 1.35. The number of hydrogen-bond donors (Lipinski definition) is 1. The van der Waals surface area contributed by atoms with Gasteiger partial charge in [0.1, 0.15) is 0 Å². The molecule has 0 atom stereocenters. The van der Waals surface area contributed by atoms with E-state index >= 15 is 0 Å². The summed E-state index contributed by atoms with van der Waals surface area (Å²) in [5.41, 5.74) is 2.57. The molecule has 0 aliphatic rings. The Bertz CT molecular complexity index is 382. The Morgan fingerprint density at radius 1 is 1.19 bits per heavy atom. The first-order valence-electron chi connectivity index (χ1n) is 5.44. The monoisotopic (exact) mass is 217 g/mol. The molecule has 0 unspecified atom stereocenters. The van der Waals surface area contributed by atoms with E-state index in [0.717, 1.165) is 5.56 Å². The summed E-state index contributed by atoms with van der Waals surface area (Å²) in [6.07, 6.45) is 3.54. The Morgan fingerprint density at radius 2 is 1.75 bits per heavy atom. The molecule has 86 valence electrons. The van der Waals surface area contributed by atoms with E-state index in [1.165, 1.54) is 12.5 Å². The highest BCUT2D eigenvalue weighted by Gasteiger charge is 2.12. The molecule has 2 heteroatoms. The molecule has 1 aromatic carbocycles. The smallest absolute Gasteiger partial charge is 0.220 e. The van der Waals surface area contributed by atoms with Crippen molar-refractivity contribution >= 4 is 12.0 Å². The lowest BCUT2D eigenvalue weighted by Crippen LogP contribution is -2.11. The Kier molecular flexibility index (Phi) is 3.88. The van der Waals surface area contributed by atoms with Gasteiger partial charge >= 0.3 is 0 Å². The van der Waals surface area contributed by atoms with Crippen molar-refractivity contribution in [3.8, 4) is 0 Å². The van der Waals surface area contributed by atoms with Gasteiger partial charge in [-0.2, -0.15) is 0 Å². The lowest BCUT2D eigenvalue weighted by atomic mass is 9.87. The molecular formula is C14H19NO. The van der Waals surface area contributed by atoms with Crippen molar-refractivity contribution in [3.05, 3.63) is 41.6 Å². The highest BCUT2D eigenvalue weighted by Crippen LogP contribution is 2.22. The van der Waals surface area contributed by atoms with Gasteiger partial charge in [-0.1, -0.05) is 45.0 Å². The molecule has 0 bridgehead atoms. The number of nitrogens with one attached hydrogen (secondary N) is 1. The van der Waals surface area contributed by atoms with Crippen molar-refractivity contribution in [2.45, 2.75) is 33.1 Å². The van der Waals surface area contributed by atoms with E-state index in [2.05, 4.69) is 50.4 Å². The van der Waals surface area contributed by atoms with Crippen LogP contribution in [-0.2, 0) is 10.2 Å². The topological polar surface area (TPSA) is 29.1 Å². The summed E-state index contributed by atoms with van der Waals surface area (Å²) in [6.45, 7) is 8.06. The van der Waals surface area contributed by atoms with Gasteiger partial charge in [0.15, 0.2) is 0 Å². The van der Waals surface area contributed by atoms with Crippen molar-refractivity contribution in [3.63, 3.8) is 0 Å². The SMILES string of the molecule is CC(=O)NC=Cc1ccc(C(C)(C)C)cc1. The van der Waals surface area contributed by atoms with Gasteiger partial charge < -0.3 is 5.32 Å². The summed E-state index contributed by atoms with van der Waals surface area (Å²) >= 11 is 0. The van der Waals surface area contributed by atoms with Crippen LogP contribution in [0.5, 0.6) is 0 Å². The zero-order chi connectivity index (χ0) is 12.2. The summed E-state index contributed by atoms with van der Waals surface area (Å²) in [7, 11) is 0. The van der Waals surface area contributed by atoms with Crippen molar-refractivity contribution in [2.24, 2.45) is 0 Å². The molecule has 0 aliphatic heterocycles. The van der Waals surface area contributed by atoms with Gasteiger partial charge in [0.05, 0.1) is 0 Å². The maximum atomic E-state index is 10.7. The summed E-state index contributed by atoms with van der Waals surface area (Å²) in [5.74, 6) is -0.0532. The van der Waals surface area contributed by atoms with Gasteiger partial charge in [0.2, 0.25) is 5.91 Å². The summed E-state index contributed by atoms with van der Waals surface area (Å²) in [6, 6.07) is 8.35. The van der Waals surface area contributed by atoms with Crippen LogP contribution in [-0.4, -0.2) is 5.91 Å². The Labute approximate surface area is 97.4 Å². The molecule has 0 heterocycles. The molecule has 0 aromatic heterocycles. The summed E-state index contributed by atoms with van der Waals surface area (Å²) in [5, 5.41) is 2.62. The second-order valence-electron chi connectivity index (χ2n) is 4.91. The van der Waals surface area contributed by atoms with Crippen molar-refractivity contribution in [1.82, 2.24) is 5.32 Å². The highest BCUT2D eigenvalue weighted by atomic mass is 16.1. The Hall–Kier alpha value is -1.57. The number of benzene rings is 1. The summed E-state index contributed by atoms with van der Waals surface area (Å²) in [4.78, 5) is 10.7. The van der Waals surface area contributed by atoms with Crippen LogP contribution in [0.25, 0.3) is 6.08 Å². The molecule has 1 N–H and O–H groups in total. The zero-order valence-electron chi connectivity index (χ0n) is 10.4. The van der Waals surface area contributed by atoms with Crippen molar-refractivity contribution < 1.29 is 4.79 Å². The number of hydrogen-bond acceptors (Lipinski definition) is 1. The van der Waals surface area contributed by atoms with Crippen LogP contribution in [0.1, 0.15) is 38.8 Å². The van der Waals surface area contributed by atoms with Crippen molar-refractivity contribution in [2.75, 3.05) is 0 Å². The molecule has 1 aromatic rings. The normalized spacial score (nSPS) is 11.8. The minimum Gasteiger partial charge on any atom is -0.333 e. The maximum absolute atomic E-state index is 10.7. The van der Waals surface area contributed by atoms with E-state index in [9.17, 15) is 4.79 Å². The van der Waals surface area contributed by atoms with Crippen molar-refractivity contribution in [1.29, 1.82) is 0 Å². The largest absolute Gasteiger partial charge is 0.333 e. The molecule has 0 radical (unpaired) electrons. The Balaban J connectivity index is 2.72. The van der Waals surface area contributed by atoms with Crippen LogP contribution in [0.15, 0.2) is 30.5 Å². The highest BCUT2D eigenvalue weighted by molar-refractivity contribution is 5.74. The molecule has 2 nitrogen and oxygen atoms in total. The van der Waals surface area contributed by atoms with Crippen LogP contribution < -0.4 is 5.32 Å². The van der Waals surface area contributed by atoms with Gasteiger partial charge in [-0.15, -0.1) is 0 Å². The van der Waals surface area contributed by atoms with Gasteiger partial charge in [-0.05, 0) is 22.6 Å². The standard InChI is InChI=1S/C14H19NO/c1-11(16)15-10-9-12-5-7-13(8-6-12)14(2,3)4/h5-10H,1-4H3,(H,15,16). The van der Waals surface area contributed by atoms with Crippen LogP contribution in [0.2, 0.25) is 0 Å². The van der Waals surface area contributed by atoms with E-state index < -0.39 is 0 Å². The molecule has 0 saturated carbocycles. The first-order chi connectivity index (χ1) is 7.39. The molecule has 1 amide bonds. The van der Waals surface area contributed by atoms with Gasteiger partial charge in [0, 0.05) is 13.1 Å². The van der Waals surface area contributed by atoms with Crippen LogP contribution in [0.4, 0.5) is 0 Å². The van der Waals surface area contributed by atoms with E-state index in [1.54, 1.807) is 6.20 Å². The summed E-state index contributed by atoms with van der Waals surface area (Å²) < 4.78 is 0. The van der Waals surface area contributed by atoms with E-state index in [0.29, 0.717) is 0 Å². The average Bonchev–Trinajstić information content (AvgIpc) is 2.16. The maximum Gasteiger partial charge on any atom is 0.220 e. The number of rotatable bonds is 2. The van der Waals surface area contributed by atoms with Gasteiger partial charge in [0.25, 0.3) is 0 Å². The number of carbonyl (C=O) groups is 1. The fourth-order valence-electron chi connectivity index (χ4n) is 1.35. The predicted molar refractivity (Wildman–Crippen MR) is 68.0 cm³/mol. The minimum absolute atomic E-state index is 0.0532. The van der Waals surface area contributed by atoms with Gasteiger partial charge in [-0.3, -0.25) is 4.79 Å². The first kappa shape index (κ1) is 12.5. The molecule has 0 saturated heterocycles. The lowest BCUT2D eigenvalue weighted by Gasteiger charge is -2.18. The molecular weight excluding hydrogens is 198 g/mol. The van der Waals surface area contributed by atoms with Gasteiger partial charge in [-0.25, -0.2) is 0 Å². The first-order valence-corrected chi connectivity index (χ1v) is 5.44. The molecule has 0 aliphatic carbocycles. The van der Waals surface area contributed by atoms with Crippen LogP contribution in [0, 0.1) is 0 Å². The number of carbonyl (C=O) groups excluding carboxylic acids is 1. The minimum atomic E-state index is -0.0532.